The third-order valence-corrected chi connectivity index (χ3v) is 4.47. The predicted octanol–water partition coefficient (Wildman–Crippen LogP) is 2.09. The summed E-state index contributed by atoms with van der Waals surface area (Å²) in [4.78, 5) is 11.9. The van der Waals surface area contributed by atoms with Gasteiger partial charge in [0.05, 0.1) is 6.10 Å². The number of aliphatic hydroxyl groups is 3. The van der Waals surface area contributed by atoms with Crippen LogP contribution in [0.25, 0.3) is 0 Å². The second-order valence-corrected chi connectivity index (χ2v) is 7.93. The Hall–Kier alpha value is -1.25. The van der Waals surface area contributed by atoms with Crippen LogP contribution in [-0.2, 0) is 19.0 Å². The van der Waals surface area contributed by atoms with Crippen molar-refractivity contribution in [3.05, 3.63) is 23.8 Å². The SMILES string of the molecule is CC(C)=CCCC(C)CC=CC(=O)OCC1OC(OC(C)C)C(O)C(O)C1O. The molecule has 0 aromatic rings. The van der Waals surface area contributed by atoms with Gasteiger partial charge in [-0.2, -0.15) is 0 Å². The third-order valence-electron chi connectivity index (χ3n) is 4.47. The lowest BCUT2D eigenvalue weighted by Crippen LogP contribution is -2.59. The molecular formula is C21H36O7. The number of carbonyl (C=O) groups excluding carboxylic acids is 1. The van der Waals surface area contributed by atoms with Crippen molar-refractivity contribution in [2.24, 2.45) is 5.92 Å². The Kier molecular flexibility index (Phi) is 10.9. The smallest absolute Gasteiger partial charge is 0.330 e. The molecule has 7 nitrogen and oxygen atoms in total. The molecule has 1 aliphatic rings. The summed E-state index contributed by atoms with van der Waals surface area (Å²) in [5.74, 6) is -0.0945. The normalized spacial score (nSPS) is 29.1. The Morgan fingerprint density at radius 1 is 1.11 bits per heavy atom. The van der Waals surface area contributed by atoms with Crippen molar-refractivity contribution < 1.29 is 34.3 Å². The molecule has 0 aliphatic carbocycles. The van der Waals surface area contributed by atoms with Gasteiger partial charge in [0.2, 0.25) is 0 Å². The van der Waals surface area contributed by atoms with E-state index in [1.165, 1.54) is 11.6 Å². The summed E-state index contributed by atoms with van der Waals surface area (Å²) >= 11 is 0. The van der Waals surface area contributed by atoms with Crippen molar-refractivity contribution >= 4 is 5.97 Å². The van der Waals surface area contributed by atoms with Crippen molar-refractivity contribution in [2.75, 3.05) is 6.61 Å². The van der Waals surface area contributed by atoms with Crippen LogP contribution in [0.3, 0.4) is 0 Å². The van der Waals surface area contributed by atoms with Crippen LogP contribution in [0, 0.1) is 5.92 Å². The van der Waals surface area contributed by atoms with E-state index < -0.39 is 36.7 Å². The van der Waals surface area contributed by atoms with Gasteiger partial charge in [0.15, 0.2) is 6.29 Å². The minimum Gasteiger partial charge on any atom is -0.460 e. The van der Waals surface area contributed by atoms with Crippen LogP contribution in [0.2, 0.25) is 0 Å². The van der Waals surface area contributed by atoms with Crippen LogP contribution < -0.4 is 0 Å². The topological polar surface area (TPSA) is 105 Å². The van der Waals surface area contributed by atoms with Crippen molar-refractivity contribution in [3.8, 4) is 0 Å². The van der Waals surface area contributed by atoms with Crippen LogP contribution in [0.1, 0.15) is 53.9 Å². The molecule has 0 radical (unpaired) electrons. The number of hydrogen-bond acceptors (Lipinski definition) is 7. The van der Waals surface area contributed by atoms with Gasteiger partial charge in [-0.05, 0) is 52.9 Å². The molecule has 0 amide bonds. The number of aliphatic hydroxyl groups excluding tert-OH is 3. The first-order valence-electron chi connectivity index (χ1n) is 9.93. The lowest BCUT2D eigenvalue weighted by Gasteiger charge is -2.40. The molecule has 162 valence electrons. The van der Waals surface area contributed by atoms with E-state index in [0.29, 0.717) is 5.92 Å². The minimum absolute atomic E-state index is 0.244. The molecule has 0 aromatic carbocycles. The quantitative estimate of drug-likeness (QED) is 0.293. The van der Waals surface area contributed by atoms with Gasteiger partial charge in [-0.15, -0.1) is 0 Å². The summed E-state index contributed by atoms with van der Waals surface area (Å²) in [6, 6.07) is 0. The molecule has 0 spiro atoms. The number of carbonyl (C=O) groups is 1. The average molecular weight is 401 g/mol. The highest BCUT2D eigenvalue weighted by Crippen LogP contribution is 2.23. The largest absolute Gasteiger partial charge is 0.460 e. The monoisotopic (exact) mass is 400 g/mol. The fourth-order valence-corrected chi connectivity index (χ4v) is 2.82. The van der Waals surface area contributed by atoms with Gasteiger partial charge >= 0.3 is 5.97 Å². The summed E-state index contributed by atoms with van der Waals surface area (Å²) in [7, 11) is 0. The van der Waals surface area contributed by atoms with Crippen molar-refractivity contribution in [2.45, 2.75) is 90.7 Å². The van der Waals surface area contributed by atoms with Crippen LogP contribution in [-0.4, -0.2) is 64.7 Å². The van der Waals surface area contributed by atoms with Gasteiger partial charge in [0.25, 0.3) is 0 Å². The first-order chi connectivity index (χ1) is 13.1. The second kappa shape index (κ2) is 12.3. The number of allylic oxidation sites excluding steroid dienone is 3. The fourth-order valence-electron chi connectivity index (χ4n) is 2.82. The molecule has 0 aromatic heterocycles. The number of hydrogen-bond donors (Lipinski definition) is 3. The van der Waals surface area contributed by atoms with Crippen molar-refractivity contribution in [3.63, 3.8) is 0 Å². The summed E-state index contributed by atoms with van der Waals surface area (Å²) in [5.41, 5.74) is 1.30. The van der Waals surface area contributed by atoms with Gasteiger partial charge < -0.3 is 29.5 Å². The standard InChI is InChI=1S/C21H36O7/c1-13(2)8-6-9-15(5)10-7-11-17(22)26-12-16-18(23)19(24)20(25)21(28-16)27-14(3)4/h7-8,11,14-16,18-21,23-25H,6,9-10,12H2,1-5H3. The lowest BCUT2D eigenvalue weighted by molar-refractivity contribution is -0.308. The molecule has 1 rings (SSSR count). The highest BCUT2D eigenvalue weighted by Gasteiger charge is 2.45. The third kappa shape index (κ3) is 8.84. The molecule has 1 heterocycles. The van der Waals surface area contributed by atoms with Gasteiger partial charge in [0.1, 0.15) is 31.0 Å². The Balaban J connectivity index is 2.42. The maximum Gasteiger partial charge on any atom is 0.330 e. The van der Waals surface area contributed by atoms with Gasteiger partial charge in [-0.25, -0.2) is 4.79 Å². The van der Waals surface area contributed by atoms with E-state index >= 15 is 0 Å². The summed E-state index contributed by atoms with van der Waals surface area (Å²) in [6.45, 7) is 9.54. The van der Waals surface area contributed by atoms with Crippen LogP contribution >= 0.6 is 0 Å². The van der Waals surface area contributed by atoms with Gasteiger partial charge in [-0.1, -0.05) is 24.6 Å². The number of rotatable bonds is 10. The van der Waals surface area contributed by atoms with Crippen LogP contribution in [0.5, 0.6) is 0 Å². The van der Waals surface area contributed by atoms with Crippen molar-refractivity contribution in [1.29, 1.82) is 0 Å². The van der Waals surface area contributed by atoms with Crippen LogP contribution in [0.15, 0.2) is 23.8 Å². The second-order valence-electron chi connectivity index (χ2n) is 7.93. The van der Waals surface area contributed by atoms with E-state index in [1.54, 1.807) is 19.9 Å². The van der Waals surface area contributed by atoms with E-state index in [9.17, 15) is 20.1 Å². The predicted molar refractivity (Wildman–Crippen MR) is 105 cm³/mol. The lowest BCUT2D eigenvalue weighted by atomic mass is 9.99. The highest BCUT2D eigenvalue weighted by atomic mass is 16.7. The maximum absolute atomic E-state index is 11.9. The number of ether oxygens (including phenoxy) is 3. The molecular weight excluding hydrogens is 364 g/mol. The molecule has 6 unspecified atom stereocenters. The molecule has 6 atom stereocenters. The Bertz CT molecular complexity index is 525. The zero-order chi connectivity index (χ0) is 21.3. The molecule has 0 bridgehead atoms. The van der Waals surface area contributed by atoms with E-state index in [4.69, 9.17) is 14.2 Å². The van der Waals surface area contributed by atoms with Gasteiger partial charge in [0, 0.05) is 6.08 Å². The molecule has 7 heteroatoms. The maximum atomic E-state index is 11.9. The molecule has 3 N–H and O–H groups in total. The summed E-state index contributed by atoms with van der Waals surface area (Å²) in [5, 5.41) is 29.9. The molecule has 1 fully saturated rings. The average Bonchev–Trinajstić information content (AvgIpc) is 2.60. The number of esters is 1. The van der Waals surface area contributed by atoms with E-state index in [-0.39, 0.29) is 12.7 Å². The molecule has 1 saturated heterocycles. The van der Waals surface area contributed by atoms with E-state index in [0.717, 1.165) is 19.3 Å². The molecule has 1 aliphatic heterocycles. The summed E-state index contributed by atoms with van der Waals surface area (Å²) < 4.78 is 16.0. The van der Waals surface area contributed by atoms with E-state index in [2.05, 4.69) is 26.8 Å². The minimum atomic E-state index is -1.45. The Labute approximate surface area is 168 Å². The molecule has 28 heavy (non-hydrogen) atoms. The zero-order valence-corrected chi connectivity index (χ0v) is 17.6. The Morgan fingerprint density at radius 3 is 2.39 bits per heavy atom. The van der Waals surface area contributed by atoms with Crippen molar-refractivity contribution in [1.82, 2.24) is 0 Å². The van der Waals surface area contributed by atoms with Crippen LogP contribution in [0.4, 0.5) is 0 Å². The summed E-state index contributed by atoms with van der Waals surface area (Å²) in [6.07, 6.45) is 1.64. The fraction of sp³-hybridized carbons (Fsp3) is 0.762. The Morgan fingerprint density at radius 2 is 1.79 bits per heavy atom. The zero-order valence-electron chi connectivity index (χ0n) is 17.6. The molecule has 0 saturated carbocycles. The van der Waals surface area contributed by atoms with E-state index in [1.807, 2.05) is 0 Å². The first kappa shape index (κ1) is 24.8. The van der Waals surface area contributed by atoms with Gasteiger partial charge in [-0.3, -0.25) is 0 Å². The first-order valence-corrected chi connectivity index (χ1v) is 9.93. The highest BCUT2D eigenvalue weighted by molar-refractivity contribution is 5.81.